The van der Waals surface area contributed by atoms with Gasteiger partial charge in [-0.3, -0.25) is 9.80 Å². The number of nitrogens with zero attached hydrogens (tertiary/aromatic N) is 3. The van der Waals surface area contributed by atoms with Crippen molar-refractivity contribution >= 4 is 17.8 Å². The van der Waals surface area contributed by atoms with E-state index in [1.807, 2.05) is 20.0 Å². The molecule has 42 heavy (non-hydrogen) atoms. The number of amides is 1. The first-order chi connectivity index (χ1) is 20.0. The molecular formula is C34H45N5O3. The van der Waals surface area contributed by atoms with E-state index in [4.69, 9.17) is 15.2 Å². The van der Waals surface area contributed by atoms with Gasteiger partial charge in [0.1, 0.15) is 5.92 Å². The van der Waals surface area contributed by atoms with Gasteiger partial charge in [-0.05, 0) is 98.3 Å². The highest BCUT2D eigenvalue weighted by Crippen LogP contribution is 2.65. The van der Waals surface area contributed by atoms with E-state index in [-0.39, 0.29) is 29.4 Å². The quantitative estimate of drug-likeness (QED) is 0.485. The Morgan fingerprint density at radius 1 is 1.12 bits per heavy atom. The SMILES string of the molecule is CC12CC3CC(C)(C1)CC(N)(C3)C2.COc1ncc(C)c(-c2ccc3c(c2)NC(=O)C2C=NN([C@H]4CCOC4)C32)c1C. The summed E-state index contributed by atoms with van der Waals surface area (Å²) in [6, 6.07) is 6.43. The minimum Gasteiger partial charge on any atom is -0.481 e. The number of anilines is 1. The largest absolute Gasteiger partial charge is 0.481 e. The molecule has 5 atom stereocenters. The molecule has 1 aromatic heterocycles. The Morgan fingerprint density at radius 2 is 1.88 bits per heavy atom. The summed E-state index contributed by atoms with van der Waals surface area (Å²) in [6.45, 7) is 10.4. The number of aryl methyl sites for hydroxylation is 1. The molecule has 4 saturated carbocycles. The Hall–Kier alpha value is -2.97. The van der Waals surface area contributed by atoms with Crippen molar-refractivity contribution in [2.75, 3.05) is 25.6 Å². The molecule has 4 unspecified atom stereocenters. The van der Waals surface area contributed by atoms with E-state index in [1.165, 1.54) is 38.5 Å². The van der Waals surface area contributed by atoms with Crippen LogP contribution >= 0.6 is 0 Å². The molecule has 0 radical (unpaired) electrons. The standard InChI is InChI=1S/C22H24N4O3.C12H21N/c1-12-9-23-22(28-3)13(2)19(12)14-4-5-16-18(8-14)25-21(27)17-10-24-26(20(16)17)15-6-7-29-11-15;1-10-3-9-4-11(2,6-10)8-12(13,5-9)7-10/h4-5,8-10,15,17,20H,6-7,11H2,1-3H3,(H,25,27);9H,3-8,13H2,1-2H3/t15-,17?,20?;/m0./s1. The van der Waals surface area contributed by atoms with Crippen molar-refractivity contribution in [3.63, 3.8) is 0 Å². The third-order valence-electron chi connectivity index (χ3n) is 10.8. The predicted molar refractivity (Wildman–Crippen MR) is 164 cm³/mol. The fraction of sp³-hybridized carbons (Fsp3) is 0.618. The van der Waals surface area contributed by atoms with E-state index in [9.17, 15) is 4.79 Å². The van der Waals surface area contributed by atoms with E-state index in [2.05, 4.69) is 52.5 Å². The number of rotatable bonds is 3. The summed E-state index contributed by atoms with van der Waals surface area (Å²) >= 11 is 0. The van der Waals surface area contributed by atoms with Crippen molar-refractivity contribution in [1.29, 1.82) is 0 Å². The molecule has 2 aromatic rings. The van der Waals surface area contributed by atoms with Crippen LogP contribution in [0.25, 0.3) is 11.1 Å². The molecular weight excluding hydrogens is 526 g/mol. The Bertz CT molecular complexity index is 1400. The average molecular weight is 572 g/mol. The highest BCUT2D eigenvalue weighted by molar-refractivity contribution is 6.06. The number of hydrogen-bond donors (Lipinski definition) is 2. The monoisotopic (exact) mass is 571 g/mol. The van der Waals surface area contributed by atoms with Gasteiger partial charge in [-0.25, -0.2) is 4.98 Å². The normalized spacial score (nSPS) is 37.2. The average Bonchev–Trinajstić information content (AvgIpc) is 3.57. The Morgan fingerprint density at radius 3 is 2.52 bits per heavy atom. The summed E-state index contributed by atoms with van der Waals surface area (Å²) in [4.78, 5) is 17.1. The molecule has 4 heterocycles. The Kier molecular flexibility index (Phi) is 6.48. The second-order valence-corrected chi connectivity index (χ2v) is 14.9. The molecule has 4 aliphatic carbocycles. The topological polar surface area (TPSA) is 102 Å². The van der Waals surface area contributed by atoms with Crippen LogP contribution in [0.15, 0.2) is 29.5 Å². The third kappa shape index (κ3) is 4.62. The molecule has 8 heteroatoms. The fourth-order valence-corrected chi connectivity index (χ4v) is 10.3. The van der Waals surface area contributed by atoms with Crippen LogP contribution in [-0.4, -0.2) is 54.0 Å². The molecule has 224 valence electrons. The highest BCUT2D eigenvalue weighted by atomic mass is 16.5. The first-order valence-electron chi connectivity index (χ1n) is 15.6. The van der Waals surface area contributed by atoms with Crippen LogP contribution in [0.5, 0.6) is 5.88 Å². The molecule has 1 saturated heterocycles. The minimum absolute atomic E-state index is 0.00873. The van der Waals surface area contributed by atoms with Crippen LogP contribution in [0.2, 0.25) is 0 Å². The van der Waals surface area contributed by atoms with Crippen molar-refractivity contribution in [3.05, 3.63) is 41.1 Å². The van der Waals surface area contributed by atoms with Crippen molar-refractivity contribution in [1.82, 2.24) is 9.99 Å². The van der Waals surface area contributed by atoms with Gasteiger partial charge in [-0.1, -0.05) is 26.0 Å². The lowest BCUT2D eigenvalue weighted by atomic mass is 9.43. The molecule has 1 aromatic carbocycles. The summed E-state index contributed by atoms with van der Waals surface area (Å²) in [5.41, 5.74) is 14.0. The molecule has 9 rings (SSSR count). The lowest BCUT2D eigenvalue weighted by molar-refractivity contribution is -0.119. The van der Waals surface area contributed by atoms with E-state index >= 15 is 0 Å². The van der Waals surface area contributed by atoms with Gasteiger partial charge in [-0.2, -0.15) is 5.10 Å². The highest BCUT2D eigenvalue weighted by Gasteiger charge is 2.58. The number of carbonyl (C=O) groups excluding carboxylic acids is 1. The van der Waals surface area contributed by atoms with Crippen LogP contribution in [0.4, 0.5) is 5.69 Å². The second kappa shape index (κ2) is 9.78. The zero-order valence-corrected chi connectivity index (χ0v) is 25.7. The maximum Gasteiger partial charge on any atom is 0.235 e. The Balaban J connectivity index is 0.000000183. The molecule has 1 amide bonds. The molecule has 4 bridgehead atoms. The number of nitrogens with two attached hydrogens (primary N) is 1. The number of aromatic nitrogens is 1. The molecule has 0 spiro atoms. The van der Waals surface area contributed by atoms with Crippen molar-refractivity contribution < 1.29 is 14.3 Å². The molecule has 7 aliphatic rings. The zero-order valence-electron chi connectivity index (χ0n) is 25.7. The van der Waals surface area contributed by atoms with E-state index in [0.29, 0.717) is 23.3 Å². The number of methoxy groups -OCH3 is 1. The van der Waals surface area contributed by atoms with Gasteiger partial charge in [0.2, 0.25) is 11.8 Å². The van der Waals surface area contributed by atoms with Gasteiger partial charge < -0.3 is 20.5 Å². The summed E-state index contributed by atoms with van der Waals surface area (Å²) in [5.74, 6) is 1.30. The fourth-order valence-electron chi connectivity index (χ4n) is 10.3. The number of benzene rings is 1. The summed E-state index contributed by atoms with van der Waals surface area (Å²) in [6.07, 6.45) is 12.8. The number of hydrogen-bond acceptors (Lipinski definition) is 7. The van der Waals surface area contributed by atoms with E-state index in [1.54, 1.807) is 13.3 Å². The van der Waals surface area contributed by atoms with Crippen molar-refractivity contribution in [2.45, 2.75) is 90.3 Å². The lowest BCUT2D eigenvalue weighted by Crippen LogP contribution is -2.62. The van der Waals surface area contributed by atoms with Gasteiger partial charge in [0, 0.05) is 41.4 Å². The molecule has 3 N–H and O–H groups in total. The number of pyridine rings is 1. The number of fused-ring (bicyclic) bond motifs is 3. The molecule has 8 nitrogen and oxygen atoms in total. The van der Waals surface area contributed by atoms with Crippen LogP contribution in [0.1, 0.15) is 81.5 Å². The number of ether oxygens (including phenoxy) is 2. The smallest absolute Gasteiger partial charge is 0.235 e. The summed E-state index contributed by atoms with van der Waals surface area (Å²) < 4.78 is 11.0. The molecule has 5 fully saturated rings. The number of nitrogens with one attached hydrogen (secondary N) is 1. The van der Waals surface area contributed by atoms with Crippen molar-refractivity contribution in [2.24, 2.45) is 33.5 Å². The number of hydrazone groups is 1. The van der Waals surface area contributed by atoms with E-state index in [0.717, 1.165) is 52.5 Å². The maximum absolute atomic E-state index is 12.8. The second-order valence-electron chi connectivity index (χ2n) is 14.9. The van der Waals surface area contributed by atoms with Gasteiger partial charge in [0.25, 0.3) is 0 Å². The number of carbonyl (C=O) groups is 1. The lowest BCUT2D eigenvalue weighted by Gasteiger charge is -2.64. The summed E-state index contributed by atoms with van der Waals surface area (Å²) in [5, 5.41) is 9.74. The van der Waals surface area contributed by atoms with Crippen LogP contribution in [-0.2, 0) is 9.53 Å². The van der Waals surface area contributed by atoms with Gasteiger partial charge >= 0.3 is 0 Å². The summed E-state index contributed by atoms with van der Waals surface area (Å²) in [7, 11) is 1.63. The minimum atomic E-state index is -0.265. The zero-order chi connectivity index (χ0) is 29.4. The first kappa shape index (κ1) is 27.8. The van der Waals surface area contributed by atoms with E-state index < -0.39 is 0 Å². The maximum atomic E-state index is 12.8. The van der Waals surface area contributed by atoms with Gasteiger partial charge in [0.15, 0.2) is 0 Å². The van der Waals surface area contributed by atoms with Crippen LogP contribution < -0.4 is 15.8 Å². The Labute approximate surface area is 249 Å². The van der Waals surface area contributed by atoms with Crippen molar-refractivity contribution in [3.8, 4) is 17.0 Å². The van der Waals surface area contributed by atoms with Gasteiger partial charge in [-0.15, -0.1) is 0 Å². The van der Waals surface area contributed by atoms with Gasteiger partial charge in [0.05, 0.1) is 25.8 Å². The molecule has 3 aliphatic heterocycles. The predicted octanol–water partition coefficient (Wildman–Crippen LogP) is 5.77. The first-order valence-corrected chi connectivity index (χ1v) is 15.6. The van der Waals surface area contributed by atoms with Crippen LogP contribution in [0, 0.1) is 36.5 Å². The third-order valence-corrected chi connectivity index (χ3v) is 10.8. The van der Waals surface area contributed by atoms with Crippen LogP contribution in [0.3, 0.4) is 0 Å².